The van der Waals surface area contributed by atoms with Gasteiger partial charge < -0.3 is 24.2 Å². The van der Waals surface area contributed by atoms with Gasteiger partial charge in [-0.2, -0.15) is 0 Å². The van der Waals surface area contributed by atoms with E-state index in [1.54, 1.807) is 19.1 Å². The van der Waals surface area contributed by atoms with Crippen LogP contribution in [0.4, 0.5) is 0 Å². The quantitative estimate of drug-likeness (QED) is 0.811. The molecule has 0 aromatic heterocycles. The van der Waals surface area contributed by atoms with E-state index >= 15 is 0 Å². The lowest BCUT2D eigenvalue weighted by molar-refractivity contribution is -0.135. The summed E-state index contributed by atoms with van der Waals surface area (Å²) in [6.07, 6.45) is 0.688. The Bertz CT molecular complexity index is 846. The zero-order valence-electron chi connectivity index (χ0n) is 15.2. The lowest BCUT2D eigenvalue weighted by Crippen LogP contribution is -2.38. The fraction of sp³-hybridized carbons (Fsp3) is 0.300. The number of ether oxygens (including phenoxy) is 3. The molecule has 0 unspecified atom stereocenters. The summed E-state index contributed by atoms with van der Waals surface area (Å²) in [6, 6.07) is 9.47. The highest BCUT2D eigenvalue weighted by atomic mass is 16.5. The van der Waals surface area contributed by atoms with E-state index in [0.717, 1.165) is 11.1 Å². The summed E-state index contributed by atoms with van der Waals surface area (Å²) in [6.45, 7) is 0.631. The molecule has 0 spiro atoms. The summed E-state index contributed by atoms with van der Waals surface area (Å²) in [5, 5.41) is 9.25. The normalized spacial score (nSPS) is 12.9. The van der Waals surface area contributed by atoms with Crippen LogP contribution in [-0.4, -0.2) is 49.3 Å². The van der Waals surface area contributed by atoms with E-state index in [4.69, 9.17) is 14.2 Å². The third-order valence-electron chi connectivity index (χ3n) is 4.50. The van der Waals surface area contributed by atoms with E-state index in [9.17, 15) is 14.7 Å². The molecule has 1 N–H and O–H groups in total. The van der Waals surface area contributed by atoms with Gasteiger partial charge in [0.05, 0.1) is 19.8 Å². The molecule has 7 nitrogen and oxygen atoms in total. The number of phenols is 1. The molecule has 27 heavy (non-hydrogen) atoms. The van der Waals surface area contributed by atoms with E-state index in [0.29, 0.717) is 31.0 Å². The molecule has 3 rings (SSSR count). The zero-order chi connectivity index (χ0) is 19.4. The molecule has 1 amide bonds. The summed E-state index contributed by atoms with van der Waals surface area (Å²) >= 11 is 0. The maximum Gasteiger partial charge on any atom is 0.338 e. The molecule has 0 fully saturated rings. The summed E-state index contributed by atoms with van der Waals surface area (Å²) in [5.74, 6) is 0.472. The Morgan fingerprint density at radius 2 is 1.67 bits per heavy atom. The topological polar surface area (TPSA) is 85.3 Å². The predicted molar refractivity (Wildman–Crippen MR) is 97.1 cm³/mol. The van der Waals surface area contributed by atoms with Crippen molar-refractivity contribution in [2.24, 2.45) is 0 Å². The molecule has 0 aliphatic carbocycles. The third kappa shape index (κ3) is 4.13. The number of fused-ring (bicyclic) bond motifs is 1. The Morgan fingerprint density at radius 1 is 1.04 bits per heavy atom. The summed E-state index contributed by atoms with van der Waals surface area (Å²) in [4.78, 5) is 26.1. The standard InChI is InChI=1S/C20H21NO6/c1-25-17-9-14-7-8-21(11-15(14)10-18(17)26-2)19(23)12-27-20(24)13-3-5-16(22)6-4-13/h3-6,9-10,22H,7-8,11-12H2,1-2H3. The number of rotatable bonds is 5. The molecule has 0 saturated carbocycles. The van der Waals surface area contributed by atoms with Crippen LogP contribution >= 0.6 is 0 Å². The Hall–Kier alpha value is -3.22. The number of nitrogens with zero attached hydrogens (tertiary/aromatic N) is 1. The molecule has 1 aliphatic rings. The minimum Gasteiger partial charge on any atom is -0.508 e. The fourth-order valence-corrected chi connectivity index (χ4v) is 3.00. The molecule has 7 heteroatoms. The molecule has 0 atom stereocenters. The molecule has 2 aromatic carbocycles. The number of methoxy groups -OCH3 is 2. The molecule has 0 radical (unpaired) electrons. The number of carbonyl (C=O) groups is 2. The number of benzene rings is 2. The molecule has 1 heterocycles. The summed E-state index contributed by atoms with van der Waals surface area (Å²) < 4.78 is 15.7. The Balaban J connectivity index is 1.62. The fourth-order valence-electron chi connectivity index (χ4n) is 3.00. The van der Waals surface area contributed by atoms with Gasteiger partial charge in [-0.3, -0.25) is 4.79 Å². The van der Waals surface area contributed by atoms with Crippen LogP contribution in [0.15, 0.2) is 36.4 Å². The number of hydrogen-bond acceptors (Lipinski definition) is 6. The van der Waals surface area contributed by atoms with Crippen LogP contribution in [0, 0.1) is 0 Å². The van der Waals surface area contributed by atoms with Crippen molar-refractivity contribution in [3.05, 3.63) is 53.1 Å². The number of hydrogen-bond donors (Lipinski definition) is 1. The Kier molecular flexibility index (Phi) is 5.49. The molecule has 0 bridgehead atoms. The molecule has 0 saturated heterocycles. The van der Waals surface area contributed by atoms with Gasteiger partial charge in [-0.1, -0.05) is 0 Å². The first kappa shape index (κ1) is 18.6. The maximum absolute atomic E-state index is 12.4. The average molecular weight is 371 g/mol. The second-order valence-electron chi connectivity index (χ2n) is 6.16. The van der Waals surface area contributed by atoms with Gasteiger partial charge in [-0.25, -0.2) is 4.79 Å². The van der Waals surface area contributed by atoms with E-state index in [2.05, 4.69) is 0 Å². The first-order valence-corrected chi connectivity index (χ1v) is 8.49. The molecule has 2 aromatic rings. The highest BCUT2D eigenvalue weighted by Gasteiger charge is 2.23. The maximum atomic E-state index is 12.4. The second-order valence-corrected chi connectivity index (χ2v) is 6.16. The lowest BCUT2D eigenvalue weighted by atomic mass is 9.99. The predicted octanol–water partition coefficient (Wildman–Crippen LogP) is 2.15. The van der Waals surface area contributed by atoms with Crippen LogP contribution in [0.2, 0.25) is 0 Å². The largest absolute Gasteiger partial charge is 0.508 e. The van der Waals surface area contributed by atoms with Crippen LogP contribution in [0.5, 0.6) is 17.2 Å². The monoisotopic (exact) mass is 371 g/mol. The van der Waals surface area contributed by atoms with Crippen molar-refractivity contribution in [1.82, 2.24) is 4.90 Å². The minimum atomic E-state index is -0.604. The number of carbonyl (C=O) groups excluding carboxylic acids is 2. The minimum absolute atomic E-state index is 0.0571. The van der Waals surface area contributed by atoms with Gasteiger partial charge in [-0.05, 0) is 53.9 Å². The van der Waals surface area contributed by atoms with Crippen molar-refractivity contribution < 1.29 is 28.9 Å². The van der Waals surface area contributed by atoms with Gasteiger partial charge in [0.25, 0.3) is 5.91 Å². The Morgan fingerprint density at radius 3 is 2.30 bits per heavy atom. The highest BCUT2D eigenvalue weighted by molar-refractivity contribution is 5.91. The van der Waals surface area contributed by atoms with Gasteiger partial charge in [-0.15, -0.1) is 0 Å². The van der Waals surface area contributed by atoms with E-state index in [1.807, 2.05) is 12.1 Å². The molecule has 1 aliphatic heterocycles. The number of esters is 1. The third-order valence-corrected chi connectivity index (χ3v) is 4.50. The van der Waals surface area contributed by atoms with Crippen molar-refractivity contribution >= 4 is 11.9 Å². The SMILES string of the molecule is COc1cc2c(cc1OC)CN(C(=O)COC(=O)c1ccc(O)cc1)CC2. The molecular formula is C20H21NO6. The summed E-state index contributed by atoms with van der Waals surface area (Å²) in [5.41, 5.74) is 2.37. The van der Waals surface area contributed by atoms with Crippen LogP contribution in [0.3, 0.4) is 0 Å². The van der Waals surface area contributed by atoms with Crippen molar-refractivity contribution in [3.8, 4) is 17.2 Å². The number of phenolic OH excluding ortho intramolecular Hbond substituents is 1. The average Bonchev–Trinajstić information content (AvgIpc) is 2.70. The van der Waals surface area contributed by atoms with Crippen LogP contribution in [-0.2, 0) is 22.5 Å². The second kappa shape index (κ2) is 7.99. The zero-order valence-corrected chi connectivity index (χ0v) is 15.2. The first-order valence-electron chi connectivity index (χ1n) is 8.49. The summed E-state index contributed by atoms with van der Waals surface area (Å²) in [7, 11) is 3.16. The number of aromatic hydroxyl groups is 1. The van der Waals surface area contributed by atoms with E-state index < -0.39 is 5.97 Å². The Labute approximate surface area is 157 Å². The van der Waals surface area contributed by atoms with Crippen LogP contribution in [0.1, 0.15) is 21.5 Å². The van der Waals surface area contributed by atoms with Crippen molar-refractivity contribution in [2.75, 3.05) is 27.4 Å². The molecule has 142 valence electrons. The van der Waals surface area contributed by atoms with Crippen LogP contribution in [0.25, 0.3) is 0 Å². The van der Waals surface area contributed by atoms with E-state index in [1.165, 1.54) is 24.3 Å². The lowest BCUT2D eigenvalue weighted by Gasteiger charge is -2.29. The smallest absolute Gasteiger partial charge is 0.338 e. The number of amides is 1. The van der Waals surface area contributed by atoms with Gasteiger partial charge in [0.1, 0.15) is 5.75 Å². The van der Waals surface area contributed by atoms with E-state index in [-0.39, 0.29) is 23.8 Å². The van der Waals surface area contributed by atoms with Crippen molar-refractivity contribution in [3.63, 3.8) is 0 Å². The van der Waals surface area contributed by atoms with Gasteiger partial charge in [0.2, 0.25) is 0 Å². The molecular weight excluding hydrogens is 350 g/mol. The highest BCUT2D eigenvalue weighted by Crippen LogP contribution is 2.33. The first-order chi connectivity index (χ1) is 13.0. The van der Waals surface area contributed by atoms with Crippen molar-refractivity contribution in [1.29, 1.82) is 0 Å². The van der Waals surface area contributed by atoms with Crippen molar-refractivity contribution in [2.45, 2.75) is 13.0 Å². The van der Waals surface area contributed by atoms with Gasteiger partial charge in [0.15, 0.2) is 18.1 Å². The van der Waals surface area contributed by atoms with Gasteiger partial charge >= 0.3 is 5.97 Å². The van der Waals surface area contributed by atoms with Crippen LogP contribution < -0.4 is 9.47 Å². The van der Waals surface area contributed by atoms with Gasteiger partial charge in [0, 0.05) is 13.1 Å².